The minimum atomic E-state index is -0.171. The smallest absolute Gasteiger partial charge is 0.242 e. The Morgan fingerprint density at radius 2 is 1.88 bits per heavy atom. The third-order valence-corrected chi connectivity index (χ3v) is 7.12. The number of amides is 2. The number of nitrogens with zero attached hydrogens (tertiary/aromatic N) is 2. The normalized spacial score (nSPS) is 15.6. The van der Waals surface area contributed by atoms with Crippen molar-refractivity contribution in [1.82, 2.24) is 9.80 Å². The van der Waals surface area contributed by atoms with E-state index in [1.807, 2.05) is 30.9 Å². The summed E-state index contributed by atoms with van der Waals surface area (Å²) in [6.07, 6.45) is 2.18. The van der Waals surface area contributed by atoms with Crippen LogP contribution in [-0.2, 0) is 16.0 Å². The molecule has 0 spiro atoms. The van der Waals surface area contributed by atoms with Gasteiger partial charge in [0, 0.05) is 29.4 Å². The molecular formula is C26H35ClN2O3S. The highest BCUT2D eigenvalue weighted by molar-refractivity contribution is 7.10. The van der Waals surface area contributed by atoms with Crippen LogP contribution in [0.15, 0.2) is 35.7 Å². The molecule has 1 unspecified atom stereocenters. The van der Waals surface area contributed by atoms with Crippen molar-refractivity contribution in [2.75, 3.05) is 26.2 Å². The Kier molecular flexibility index (Phi) is 9.21. The number of ether oxygens (including phenoxy) is 1. The van der Waals surface area contributed by atoms with Crippen LogP contribution >= 0.6 is 22.9 Å². The molecule has 2 aromatic rings. The summed E-state index contributed by atoms with van der Waals surface area (Å²) < 4.78 is 6.06. The molecule has 1 atom stereocenters. The lowest BCUT2D eigenvalue weighted by Gasteiger charge is -2.37. The second kappa shape index (κ2) is 11.9. The zero-order valence-corrected chi connectivity index (χ0v) is 21.6. The molecular weight excluding hydrogens is 456 g/mol. The average Bonchev–Trinajstić information content (AvgIpc) is 3.24. The summed E-state index contributed by atoms with van der Waals surface area (Å²) >= 11 is 7.72. The SMILES string of the molecule is CC(C)CCN(CC(=O)N1CCc2sccc2C1COc1ccc(Cl)cc1)C(=O)CC(C)C. The molecule has 0 fully saturated rings. The van der Waals surface area contributed by atoms with Crippen molar-refractivity contribution in [3.8, 4) is 5.75 Å². The highest BCUT2D eigenvalue weighted by atomic mass is 35.5. The van der Waals surface area contributed by atoms with Gasteiger partial charge in [-0.3, -0.25) is 9.59 Å². The number of carbonyl (C=O) groups excluding carboxylic acids is 2. The maximum absolute atomic E-state index is 13.5. The number of carbonyl (C=O) groups is 2. The average molecular weight is 491 g/mol. The number of hydrogen-bond donors (Lipinski definition) is 0. The molecule has 1 aromatic heterocycles. The standard InChI is InChI=1S/C26H35ClN2O3S/c1-18(2)9-12-28(25(30)15-19(3)4)16-26(31)29-13-10-24-22(11-14-33-24)23(29)17-32-21-7-5-20(27)6-8-21/h5-8,11,14,18-19,23H,9-10,12-13,15-17H2,1-4H3. The Hall–Kier alpha value is -2.05. The molecule has 2 amide bonds. The topological polar surface area (TPSA) is 49.9 Å². The fraction of sp³-hybridized carbons (Fsp3) is 0.538. The maximum atomic E-state index is 13.5. The van der Waals surface area contributed by atoms with Crippen molar-refractivity contribution in [3.05, 3.63) is 51.2 Å². The van der Waals surface area contributed by atoms with Gasteiger partial charge in [-0.1, -0.05) is 39.3 Å². The first-order valence-electron chi connectivity index (χ1n) is 11.8. The van der Waals surface area contributed by atoms with Crippen LogP contribution in [0.25, 0.3) is 0 Å². The Balaban J connectivity index is 1.74. The molecule has 3 rings (SSSR count). The molecule has 1 aliphatic rings. The van der Waals surface area contributed by atoms with Gasteiger partial charge in [0.25, 0.3) is 0 Å². The molecule has 2 heterocycles. The van der Waals surface area contributed by atoms with Gasteiger partial charge in [-0.25, -0.2) is 0 Å². The van der Waals surface area contributed by atoms with Gasteiger partial charge in [-0.15, -0.1) is 11.3 Å². The lowest BCUT2D eigenvalue weighted by molar-refractivity contribution is -0.143. The Bertz CT molecular complexity index is 926. The van der Waals surface area contributed by atoms with Crippen LogP contribution in [0.2, 0.25) is 5.02 Å². The van der Waals surface area contributed by atoms with Gasteiger partial charge >= 0.3 is 0 Å². The number of thiophene rings is 1. The second-order valence-electron chi connectivity index (χ2n) is 9.51. The van der Waals surface area contributed by atoms with Crippen molar-refractivity contribution in [3.63, 3.8) is 0 Å². The molecule has 180 valence electrons. The third-order valence-electron chi connectivity index (χ3n) is 5.87. The van der Waals surface area contributed by atoms with E-state index < -0.39 is 0 Å². The summed E-state index contributed by atoms with van der Waals surface area (Å²) in [5.74, 6) is 1.50. The molecule has 0 bridgehead atoms. The predicted octanol–water partition coefficient (Wildman–Crippen LogP) is 5.83. The van der Waals surface area contributed by atoms with E-state index in [-0.39, 0.29) is 30.3 Å². The van der Waals surface area contributed by atoms with Gasteiger partial charge in [-0.05, 0) is 66.0 Å². The summed E-state index contributed by atoms with van der Waals surface area (Å²) in [7, 11) is 0. The largest absolute Gasteiger partial charge is 0.491 e. The molecule has 0 N–H and O–H groups in total. The molecule has 0 saturated carbocycles. The monoisotopic (exact) mass is 490 g/mol. The molecule has 1 aromatic carbocycles. The number of benzene rings is 1. The number of hydrogen-bond acceptors (Lipinski definition) is 4. The van der Waals surface area contributed by atoms with Crippen LogP contribution in [0.5, 0.6) is 5.75 Å². The van der Waals surface area contributed by atoms with Gasteiger partial charge in [0.2, 0.25) is 11.8 Å². The number of fused-ring (bicyclic) bond motifs is 1. The van der Waals surface area contributed by atoms with Gasteiger partial charge < -0.3 is 14.5 Å². The first-order chi connectivity index (χ1) is 15.7. The molecule has 5 nitrogen and oxygen atoms in total. The van der Waals surface area contributed by atoms with Gasteiger partial charge in [-0.2, -0.15) is 0 Å². The van der Waals surface area contributed by atoms with E-state index in [0.29, 0.717) is 37.1 Å². The third kappa shape index (κ3) is 7.21. The molecule has 33 heavy (non-hydrogen) atoms. The fourth-order valence-corrected chi connectivity index (χ4v) is 5.07. The summed E-state index contributed by atoms with van der Waals surface area (Å²) in [5, 5.41) is 2.74. The molecule has 7 heteroatoms. The summed E-state index contributed by atoms with van der Waals surface area (Å²) in [6, 6.07) is 9.19. The van der Waals surface area contributed by atoms with Crippen molar-refractivity contribution in [2.24, 2.45) is 11.8 Å². The van der Waals surface area contributed by atoms with Gasteiger partial charge in [0.15, 0.2) is 0 Å². The Morgan fingerprint density at radius 1 is 1.15 bits per heavy atom. The van der Waals surface area contributed by atoms with Crippen LogP contribution in [0.1, 0.15) is 57.0 Å². The number of halogens is 1. The van der Waals surface area contributed by atoms with Crippen LogP contribution < -0.4 is 4.74 Å². The lowest BCUT2D eigenvalue weighted by atomic mass is 10.00. The highest BCUT2D eigenvalue weighted by Gasteiger charge is 2.33. The van der Waals surface area contributed by atoms with E-state index >= 15 is 0 Å². The Labute approximate surface area is 206 Å². The van der Waals surface area contributed by atoms with Crippen LogP contribution in [0.3, 0.4) is 0 Å². The van der Waals surface area contributed by atoms with Gasteiger partial charge in [0.1, 0.15) is 12.4 Å². The fourth-order valence-electron chi connectivity index (χ4n) is 4.02. The first kappa shape index (κ1) is 25.6. The predicted molar refractivity (Wildman–Crippen MR) is 135 cm³/mol. The number of rotatable bonds is 10. The lowest BCUT2D eigenvalue weighted by Crippen LogP contribution is -2.48. The molecule has 0 aliphatic carbocycles. The minimum Gasteiger partial charge on any atom is -0.491 e. The highest BCUT2D eigenvalue weighted by Crippen LogP contribution is 2.34. The van der Waals surface area contributed by atoms with E-state index in [9.17, 15) is 9.59 Å². The Morgan fingerprint density at radius 3 is 2.55 bits per heavy atom. The zero-order valence-electron chi connectivity index (χ0n) is 20.1. The second-order valence-corrected chi connectivity index (χ2v) is 10.9. The molecule has 0 saturated heterocycles. The minimum absolute atomic E-state index is 0.0163. The maximum Gasteiger partial charge on any atom is 0.242 e. The van der Waals surface area contributed by atoms with E-state index in [4.69, 9.17) is 16.3 Å². The molecule has 0 radical (unpaired) electrons. The van der Waals surface area contributed by atoms with Crippen molar-refractivity contribution < 1.29 is 14.3 Å². The van der Waals surface area contributed by atoms with Crippen molar-refractivity contribution in [2.45, 2.75) is 53.0 Å². The van der Waals surface area contributed by atoms with Gasteiger partial charge in [0.05, 0.1) is 12.6 Å². The van der Waals surface area contributed by atoms with Crippen LogP contribution in [0.4, 0.5) is 0 Å². The van der Waals surface area contributed by atoms with Crippen LogP contribution in [-0.4, -0.2) is 47.9 Å². The van der Waals surface area contributed by atoms with E-state index in [1.165, 1.54) is 4.88 Å². The van der Waals surface area contributed by atoms with Crippen molar-refractivity contribution >= 4 is 34.8 Å². The summed E-state index contributed by atoms with van der Waals surface area (Å²) in [5.41, 5.74) is 1.15. The van der Waals surface area contributed by atoms with E-state index in [0.717, 1.165) is 24.2 Å². The summed E-state index contributed by atoms with van der Waals surface area (Å²) in [4.78, 5) is 31.3. The zero-order chi connectivity index (χ0) is 24.0. The van der Waals surface area contributed by atoms with E-state index in [1.54, 1.807) is 28.4 Å². The quantitative estimate of drug-likeness (QED) is 0.421. The first-order valence-corrected chi connectivity index (χ1v) is 13.0. The molecule has 1 aliphatic heterocycles. The van der Waals surface area contributed by atoms with Crippen LogP contribution in [0, 0.1) is 11.8 Å². The van der Waals surface area contributed by atoms with E-state index in [2.05, 4.69) is 25.3 Å². The summed E-state index contributed by atoms with van der Waals surface area (Å²) in [6.45, 7) is 10.1. The van der Waals surface area contributed by atoms with Crippen molar-refractivity contribution in [1.29, 1.82) is 0 Å².